The molecule has 3 aromatic rings. The van der Waals surface area contributed by atoms with E-state index in [0.29, 0.717) is 11.3 Å². The van der Waals surface area contributed by atoms with Crippen molar-refractivity contribution in [2.24, 2.45) is 0 Å². The van der Waals surface area contributed by atoms with Crippen LogP contribution in [-0.2, 0) is 0 Å². The predicted octanol–water partition coefficient (Wildman–Crippen LogP) is 4.08. The van der Waals surface area contributed by atoms with Crippen molar-refractivity contribution in [3.8, 4) is 11.5 Å². The van der Waals surface area contributed by atoms with Crippen molar-refractivity contribution < 1.29 is 19.6 Å². The van der Waals surface area contributed by atoms with Crippen LogP contribution in [0.5, 0.6) is 11.5 Å². The molecule has 9 nitrogen and oxygen atoms in total. The Bertz CT molecular complexity index is 1160. The molecule has 1 atom stereocenters. The van der Waals surface area contributed by atoms with Gasteiger partial charge in [0.15, 0.2) is 5.75 Å². The number of phenols is 1. The zero-order valence-electron chi connectivity index (χ0n) is 16.4. The fourth-order valence-corrected chi connectivity index (χ4v) is 4.13. The second kappa shape index (κ2) is 8.44. The molecule has 3 N–H and O–H groups in total. The van der Waals surface area contributed by atoms with E-state index in [1.54, 1.807) is 31.5 Å². The summed E-state index contributed by atoms with van der Waals surface area (Å²) in [5, 5.41) is 31.3. The number of pyridine rings is 1. The quantitative estimate of drug-likeness (QED) is 0.393. The molecule has 4 rings (SSSR count). The minimum absolute atomic E-state index is 0.0189. The Morgan fingerprint density at radius 2 is 2.03 bits per heavy atom. The number of nitro groups is 1. The van der Waals surface area contributed by atoms with E-state index < -0.39 is 28.4 Å². The molecule has 0 spiro atoms. The largest absolute Gasteiger partial charge is 0.500 e. The summed E-state index contributed by atoms with van der Waals surface area (Å²) in [5.74, 6) is -0.569. The fraction of sp³-hybridized carbons (Fsp3) is 0.143. The Morgan fingerprint density at radius 3 is 2.68 bits per heavy atom. The lowest BCUT2D eigenvalue weighted by molar-refractivity contribution is -0.386. The molecule has 0 saturated carbocycles. The van der Waals surface area contributed by atoms with Gasteiger partial charge in [-0.2, -0.15) is 11.3 Å². The Hall–Kier alpha value is -3.92. The summed E-state index contributed by atoms with van der Waals surface area (Å²) < 4.78 is 5.42. The maximum absolute atomic E-state index is 12.6. The summed E-state index contributed by atoms with van der Waals surface area (Å²) in [4.78, 5) is 27.5. The number of phenolic OH excluding ortho intramolecular Hbond substituents is 1. The predicted molar refractivity (Wildman–Crippen MR) is 116 cm³/mol. The van der Waals surface area contributed by atoms with Crippen LogP contribution in [0.4, 0.5) is 10.5 Å². The number of benzene rings is 1. The van der Waals surface area contributed by atoms with Crippen molar-refractivity contribution in [2.45, 2.75) is 13.0 Å². The van der Waals surface area contributed by atoms with Crippen LogP contribution in [0.2, 0.25) is 0 Å². The second-order valence-electron chi connectivity index (χ2n) is 6.64. The summed E-state index contributed by atoms with van der Waals surface area (Å²) in [7, 11) is 0. The van der Waals surface area contributed by atoms with E-state index in [1.165, 1.54) is 23.5 Å². The SMILES string of the molecule is CCOc1cc(C2NC(=O)NC(c3ccncc3)=C2c2ccsc2)cc([N+](=O)[O-])c1O. The van der Waals surface area contributed by atoms with Crippen LogP contribution in [0.15, 0.2) is 53.5 Å². The number of nitrogens with zero attached hydrogens (tertiary/aromatic N) is 2. The summed E-state index contributed by atoms with van der Waals surface area (Å²) >= 11 is 1.49. The van der Waals surface area contributed by atoms with Crippen molar-refractivity contribution >= 4 is 34.3 Å². The summed E-state index contributed by atoms with van der Waals surface area (Å²) in [6.45, 7) is 1.92. The average molecular weight is 438 g/mol. The molecular weight excluding hydrogens is 420 g/mol. The molecule has 1 unspecified atom stereocenters. The zero-order valence-corrected chi connectivity index (χ0v) is 17.2. The second-order valence-corrected chi connectivity index (χ2v) is 7.42. The molecule has 10 heteroatoms. The molecule has 0 bridgehead atoms. The third-order valence-electron chi connectivity index (χ3n) is 4.78. The van der Waals surface area contributed by atoms with Gasteiger partial charge in [0.2, 0.25) is 5.75 Å². The van der Waals surface area contributed by atoms with E-state index in [1.807, 2.05) is 16.8 Å². The van der Waals surface area contributed by atoms with Crippen molar-refractivity contribution in [1.82, 2.24) is 15.6 Å². The van der Waals surface area contributed by atoms with Gasteiger partial charge in [0, 0.05) is 29.6 Å². The van der Waals surface area contributed by atoms with Gasteiger partial charge in [-0.1, -0.05) is 0 Å². The molecule has 2 aromatic heterocycles. The average Bonchev–Trinajstić information content (AvgIpc) is 3.29. The Labute approximate surface area is 181 Å². The van der Waals surface area contributed by atoms with Crippen molar-refractivity contribution in [1.29, 1.82) is 0 Å². The number of thiophene rings is 1. The first kappa shape index (κ1) is 20.4. The Kier molecular flexibility index (Phi) is 5.54. The van der Waals surface area contributed by atoms with E-state index in [0.717, 1.165) is 16.7 Å². The number of ether oxygens (including phenoxy) is 1. The fourth-order valence-electron chi connectivity index (χ4n) is 3.47. The molecule has 0 saturated heterocycles. The van der Waals surface area contributed by atoms with Gasteiger partial charge in [-0.15, -0.1) is 0 Å². The number of urea groups is 1. The van der Waals surface area contributed by atoms with Crippen LogP contribution < -0.4 is 15.4 Å². The number of aromatic nitrogens is 1. The Morgan fingerprint density at radius 1 is 1.26 bits per heavy atom. The van der Waals surface area contributed by atoms with Crippen LogP contribution in [0.1, 0.15) is 29.7 Å². The number of amides is 2. The number of hydrogen-bond acceptors (Lipinski definition) is 7. The summed E-state index contributed by atoms with van der Waals surface area (Å²) in [6, 6.07) is 7.05. The molecule has 1 aromatic carbocycles. The van der Waals surface area contributed by atoms with E-state index in [9.17, 15) is 20.0 Å². The summed E-state index contributed by atoms with van der Waals surface area (Å²) in [6.07, 6.45) is 3.24. The topological polar surface area (TPSA) is 127 Å². The van der Waals surface area contributed by atoms with Gasteiger partial charge in [0.25, 0.3) is 0 Å². The molecule has 0 fully saturated rings. The molecule has 1 aliphatic heterocycles. The van der Waals surface area contributed by atoms with Gasteiger partial charge in [0.05, 0.1) is 23.3 Å². The highest BCUT2D eigenvalue weighted by Gasteiger charge is 2.33. The minimum atomic E-state index is -0.718. The number of carbonyl (C=O) groups is 1. The molecule has 0 radical (unpaired) electrons. The van der Waals surface area contributed by atoms with Crippen molar-refractivity contribution in [3.05, 3.63) is 80.3 Å². The normalized spacial score (nSPS) is 15.9. The summed E-state index contributed by atoms with van der Waals surface area (Å²) in [5.41, 5.74) is 2.81. The van der Waals surface area contributed by atoms with Gasteiger partial charge in [0.1, 0.15) is 0 Å². The molecular formula is C21H18N4O5S. The third kappa shape index (κ3) is 3.92. The first-order valence-electron chi connectivity index (χ1n) is 9.38. The smallest absolute Gasteiger partial charge is 0.320 e. The maximum atomic E-state index is 12.6. The third-order valence-corrected chi connectivity index (χ3v) is 5.46. The molecule has 2 amide bonds. The first-order valence-corrected chi connectivity index (χ1v) is 10.3. The van der Waals surface area contributed by atoms with Crippen LogP contribution in [-0.4, -0.2) is 27.7 Å². The highest BCUT2D eigenvalue weighted by molar-refractivity contribution is 7.08. The van der Waals surface area contributed by atoms with Crippen LogP contribution in [0.25, 0.3) is 11.3 Å². The zero-order chi connectivity index (χ0) is 22.0. The van der Waals surface area contributed by atoms with Crippen LogP contribution in [0.3, 0.4) is 0 Å². The van der Waals surface area contributed by atoms with Gasteiger partial charge < -0.3 is 20.5 Å². The molecule has 1 aliphatic rings. The highest BCUT2D eigenvalue weighted by atomic mass is 32.1. The molecule has 158 valence electrons. The number of rotatable bonds is 6. The van der Waals surface area contributed by atoms with Crippen LogP contribution >= 0.6 is 11.3 Å². The van der Waals surface area contributed by atoms with Crippen molar-refractivity contribution in [2.75, 3.05) is 6.61 Å². The van der Waals surface area contributed by atoms with E-state index >= 15 is 0 Å². The molecule has 0 aliphatic carbocycles. The van der Waals surface area contributed by atoms with Gasteiger partial charge >= 0.3 is 11.7 Å². The number of nitro benzene ring substituents is 1. The van der Waals surface area contributed by atoms with Gasteiger partial charge in [-0.3, -0.25) is 15.1 Å². The molecule has 31 heavy (non-hydrogen) atoms. The number of nitrogens with one attached hydrogen (secondary N) is 2. The highest BCUT2D eigenvalue weighted by Crippen LogP contribution is 2.44. The molecule has 3 heterocycles. The lowest BCUT2D eigenvalue weighted by Gasteiger charge is -2.31. The standard InChI is InChI=1S/C21H18N4O5S/c1-2-30-16-10-14(9-15(20(16)26)25(28)29)19-17(13-5-8-31-11-13)18(23-21(27)24-19)12-3-6-22-7-4-12/h3-11,19,26H,2H2,1H3,(H2,23,24,27). The maximum Gasteiger partial charge on any atom is 0.320 e. The number of aromatic hydroxyl groups is 1. The number of hydrogen-bond donors (Lipinski definition) is 3. The Balaban J connectivity index is 1.96. The lowest BCUT2D eigenvalue weighted by Crippen LogP contribution is -2.42. The minimum Gasteiger partial charge on any atom is -0.500 e. The van der Waals surface area contributed by atoms with Crippen LogP contribution in [0, 0.1) is 10.1 Å². The first-order chi connectivity index (χ1) is 15.0. The van der Waals surface area contributed by atoms with E-state index in [4.69, 9.17) is 4.74 Å². The number of carbonyl (C=O) groups excluding carboxylic acids is 1. The van der Waals surface area contributed by atoms with E-state index in [2.05, 4.69) is 15.6 Å². The lowest BCUT2D eigenvalue weighted by atomic mass is 9.89. The van der Waals surface area contributed by atoms with Gasteiger partial charge in [-0.25, -0.2) is 4.79 Å². The van der Waals surface area contributed by atoms with Gasteiger partial charge in [-0.05, 0) is 53.1 Å². The van der Waals surface area contributed by atoms with E-state index in [-0.39, 0.29) is 12.4 Å². The van der Waals surface area contributed by atoms with Crippen molar-refractivity contribution in [3.63, 3.8) is 0 Å². The monoisotopic (exact) mass is 438 g/mol.